The summed E-state index contributed by atoms with van der Waals surface area (Å²) in [5.74, 6) is 2.22. The fourth-order valence-corrected chi connectivity index (χ4v) is 6.14. The fraction of sp³-hybridized carbons (Fsp3) is 0.469. The van der Waals surface area contributed by atoms with Crippen LogP contribution in [0.1, 0.15) is 74.2 Å². The van der Waals surface area contributed by atoms with Crippen molar-refractivity contribution in [2.75, 3.05) is 13.1 Å². The minimum absolute atomic E-state index is 0.247. The first-order chi connectivity index (χ1) is 19.1. The minimum atomic E-state index is -2.17. The average Bonchev–Trinajstić information content (AvgIpc) is 3.56. The molecule has 6 nitrogen and oxygen atoms in total. The first kappa shape index (κ1) is 26.9. The number of halogens is 1. The van der Waals surface area contributed by atoms with E-state index < -0.39 is 5.57 Å². The number of aromatic nitrogens is 3. The van der Waals surface area contributed by atoms with Crippen molar-refractivity contribution in [2.45, 2.75) is 77.0 Å². The van der Waals surface area contributed by atoms with Crippen molar-refractivity contribution < 1.29 is 13.7 Å². The summed E-state index contributed by atoms with van der Waals surface area (Å²) in [5.41, 5.74) is 4.26. The molecule has 1 saturated heterocycles. The van der Waals surface area contributed by atoms with Crippen LogP contribution >= 0.6 is 0 Å². The SMILES string of the molecule is [B]C(C)(F)c1nc(-c2cnc(CN3CCC(c4cccc5c4OC(C)(C4=CCC(C)C=C4)C5)CC3)c(C)c2)no1. The Kier molecular flexibility index (Phi) is 6.93. The summed E-state index contributed by atoms with van der Waals surface area (Å²) < 4.78 is 25.7. The van der Waals surface area contributed by atoms with Crippen LogP contribution in [-0.2, 0) is 18.5 Å². The molecular weight excluding hydrogens is 502 g/mol. The summed E-state index contributed by atoms with van der Waals surface area (Å²) in [6.45, 7) is 10.5. The van der Waals surface area contributed by atoms with Gasteiger partial charge < -0.3 is 9.26 Å². The van der Waals surface area contributed by atoms with Crippen LogP contribution in [0, 0.1) is 12.8 Å². The Morgan fingerprint density at radius 2 is 2.05 bits per heavy atom. The lowest BCUT2D eigenvalue weighted by Crippen LogP contribution is -2.34. The number of likely N-dealkylation sites (tertiary alicyclic amines) is 1. The summed E-state index contributed by atoms with van der Waals surface area (Å²) in [6, 6.07) is 8.66. The van der Waals surface area contributed by atoms with Crippen LogP contribution in [0.15, 0.2) is 58.8 Å². The Balaban J connectivity index is 1.10. The molecule has 2 radical (unpaired) electrons. The van der Waals surface area contributed by atoms with Crippen LogP contribution in [-0.4, -0.2) is 46.6 Å². The normalized spacial score (nSPS) is 24.8. The predicted molar refractivity (Wildman–Crippen MR) is 154 cm³/mol. The van der Waals surface area contributed by atoms with Gasteiger partial charge in [-0.3, -0.25) is 9.88 Å². The molecule has 1 fully saturated rings. The Morgan fingerprint density at radius 1 is 1.25 bits per heavy atom. The van der Waals surface area contributed by atoms with Gasteiger partial charge in [-0.25, -0.2) is 4.39 Å². The maximum atomic E-state index is 13.9. The second kappa shape index (κ2) is 10.3. The first-order valence-electron chi connectivity index (χ1n) is 14.3. The van der Waals surface area contributed by atoms with E-state index in [1.807, 2.05) is 13.0 Å². The Morgan fingerprint density at radius 3 is 2.73 bits per heavy atom. The third-order valence-corrected chi connectivity index (χ3v) is 8.60. The van der Waals surface area contributed by atoms with E-state index in [0.717, 1.165) is 62.3 Å². The topological polar surface area (TPSA) is 64.3 Å². The van der Waals surface area contributed by atoms with E-state index in [1.54, 1.807) is 6.20 Å². The van der Waals surface area contributed by atoms with Gasteiger partial charge in [0.05, 0.1) is 5.69 Å². The van der Waals surface area contributed by atoms with Gasteiger partial charge in [0, 0.05) is 24.7 Å². The van der Waals surface area contributed by atoms with E-state index in [-0.39, 0.29) is 17.3 Å². The van der Waals surface area contributed by atoms with E-state index in [9.17, 15) is 4.39 Å². The van der Waals surface area contributed by atoms with Gasteiger partial charge in [0.2, 0.25) is 5.82 Å². The van der Waals surface area contributed by atoms with Crippen LogP contribution in [0.25, 0.3) is 11.4 Å². The summed E-state index contributed by atoms with van der Waals surface area (Å²) >= 11 is 0. The molecule has 1 aliphatic carbocycles. The second-order valence-corrected chi connectivity index (χ2v) is 12.1. The molecule has 0 N–H and O–H groups in total. The lowest BCUT2D eigenvalue weighted by atomic mass is 9.84. The van der Waals surface area contributed by atoms with Crippen molar-refractivity contribution in [2.24, 2.45) is 5.92 Å². The Hall–Kier alpha value is -3.26. The molecule has 2 aliphatic heterocycles. The monoisotopic (exact) mass is 538 g/mol. The number of rotatable bonds is 6. The molecule has 6 rings (SSSR count). The fourth-order valence-electron chi connectivity index (χ4n) is 6.14. The molecule has 3 atom stereocenters. The zero-order valence-electron chi connectivity index (χ0n) is 23.8. The summed E-state index contributed by atoms with van der Waals surface area (Å²) in [5, 5.41) is 3.87. The number of fused-ring (bicyclic) bond motifs is 1. The van der Waals surface area contributed by atoms with Gasteiger partial charge in [0.15, 0.2) is 0 Å². The van der Waals surface area contributed by atoms with Gasteiger partial charge in [-0.05, 0) is 93.3 Å². The van der Waals surface area contributed by atoms with E-state index in [4.69, 9.17) is 22.1 Å². The van der Waals surface area contributed by atoms with Crippen LogP contribution in [0.5, 0.6) is 5.75 Å². The van der Waals surface area contributed by atoms with E-state index >= 15 is 0 Å². The van der Waals surface area contributed by atoms with E-state index in [0.29, 0.717) is 17.4 Å². The largest absolute Gasteiger partial charge is 0.482 e. The molecule has 0 spiro atoms. The number of para-hydroxylation sites is 1. The first-order valence-corrected chi connectivity index (χ1v) is 14.3. The Bertz CT molecular complexity index is 1470. The zero-order valence-corrected chi connectivity index (χ0v) is 23.8. The van der Waals surface area contributed by atoms with Crippen LogP contribution in [0.2, 0.25) is 0 Å². The van der Waals surface area contributed by atoms with E-state index in [1.165, 1.54) is 23.6 Å². The Labute approximate surface area is 237 Å². The number of aryl methyl sites for hydroxylation is 1. The second-order valence-electron chi connectivity index (χ2n) is 12.1. The number of piperidine rings is 1. The average molecular weight is 538 g/mol. The summed E-state index contributed by atoms with van der Waals surface area (Å²) in [7, 11) is 5.43. The van der Waals surface area contributed by atoms with Gasteiger partial charge >= 0.3 is 0 Å². The molecule has 0 saturated carbocycles. The van der Waals surface area contributed by atoms with Crippen molar-refractivity contribution in [3.8, 4) is 17.1 Å². The molecule has 0 amide bonds. The molecule has 2 aromatic heterocycles. The van der Waals surface area contributed by atoms with Crippen LogP contribution < -0.4 is 4.74 Å². The number of hydrogen-bond donors (Lipinski definition) is 0. The number of ether oxygens (including phenoxy) is 1. The predicted octanol–water partition coefficient (Wildman–Crippen LogP) is 6.35. The zero-order chi connectivity index (χ0) is 28.1. The van der Waals surface area contributed by atoms with Gasteiger partial charge in [0.25, 0.3) is 5.89 Å². The maximum Gasteiger partial charge on any atom is 0.254 e. The molecule has 4 heterocycles. The number of pyridine rings is 1. The summed E-state index contributed by atoms with van der Waals surface area (Å²) in [6.07, 6.45) is 12.8. The number of alkyl halides is 1. The van der Waals surface area contributed by atoms with Gasteiger partial charge in [0.1, 0.15) is 24.8 Å². The highest BCUT2D eigenvalue weighted by atomic mass is 19.1. The molecule has 0 bridgehead atoms. The van der Waals surface area contributed by atoms with Crippen molar-refractivity contribution in [1.29, 1.82) is 0 Å². The molecule has 206 valence electrons. The van der Waals surface area contributed by atoms with Crippen LogP contribution in [0.4, 0.5) is 4.39 Å². The molecule has 3 aromatic rings. The van der Waals surface area contributed by atoms with E-state index in [2.05, 4.69) is 65.3 Å². The standard InChI is InChI=1S/C32H36BFN4O2/c1-20-8-10-25(11-9-20)31(3)17-23-6-5-7-26(28(23)39-31)22-12-14-38(15-13-22)19-27-21(2)16-24(18-35-27)29-36-30(40-37-29)32(4,33)34/h5-8,10-11,16,18,20,22H,9,12-15,17,19H2,1-4H3. The third kappa shape index (κ3) is 5.26. The molecule has 40 heavy (non-hydrogen) atoms. The number of benzene rings is 1. The highest BCUT2D eigenvalue weighted by molar-refractivity contribution is 6.13. The highest BCUT2D eigenvalue weighted by Crippen LogP contribution is 2.46. The van der Waals surface area contributed by atoms with Gasteiger partial charge in [-0.1, -0.05) is 48.5 Å². The third-order valence-electron chi connectivity index (χ3n) is 8.60. The lowest BCUT2D eigenvalue weighted by Gasteiger charge is -2.33. The molecule has 3 unspecified atom stereocenters. The molecule has 1 aromatic carbocycles. The minimum Gasteiger partial charge on any atom is -0.482 e. The smallest absolute Gasteiger partial charge is 0.254 e. The molecule has 3 aliphatic rings. The van der Waals surface area contributed by atoms with Crippen molar-refractivity contribution in [3.63, 3.8) is 0 Å². The quantitative estimate of drug-likeness (QED) is 0.341. The lowest BCUT2D eigenvalue weighted by molar-refractivity contribution is 0.155. The van der Waals surface area contributed by atoms with Gasteiger partial charge in [-0.2, -0.15) is 4.98 Å². The maximum absolute atomic E-state index is 13.9. The number of allylic oxidation sites excluding steroid dienone is 2. The van der Waals surface area contributed by atoms with Crippen molar-refractivity contribution >= 4 is 7.85 Å². The van der Waals surface area contributed by atoms with Crippen molar-refractivity contribution in [1.82, 2.24) is 20.0 Å². The van der Waals surface area contributed by atoms with Crippen molar-refractivity contribution in [3.05, 3.63) is 82.5 Å². The molecule has 8 heteroatoms. The number of hydrogen-bond acceptors (Lipinski definition) is 6. The number of nitrogens with zero attached hydrogens (tertiary/aromatic N) is 4. The highest BCUT2D eigenvalue weighted by Gasteiger charge is 2.40. The van der Waals surface area contributed by atoms with Gasteiger partial charge in [-0.15, -0.1) is 0 Å². The summed E-state index contributed by atoms with van der Waals surface area (Å²) in [4.78, 5) is 11.3. The van der Waals surface area contributed by atoms with Crippen LogP contribution in [0.3, 0.4) is 0 Å². The molecular formula is C32H36BFN4O2.